The SMILES string of the molecule is c1ccc(-c2nc(-c3ccccc3)nc(-c3ccc4cc5c(cc4c3)Cc3ccc(N4c6ccccc6Oc6ccccc64)cc3C5)n2)cc1. The van der Waals surface area contributed by atoms with Gasteiger partial charge in [-0.25, -0.2) is 15.0 Å². The van der Waals surface area contributed by atoms with E-state index < -0.39 is 0 Å². The summed E-state index contributed by atoms with van der Waals surface area (Å²) in [6.07, 6.45) is 1.78. The molecule has 0 saturated heterocycles. The van der Waals surface area contributed by atoms with Crippen molar-refractivity contribution in [1.82, 2.24) is 15.0 Å². The summed E-state index contributed by atoms with van der Waals surface area (Å²) >= 11 is 0. The van der Waals surface area contributed by atoms with Crippen molar-refractivity contribution in [2.24, 2.45) is 0 Å². The Hall–Kier alpha value is -6.59. The fourth-order valence-corrected chi connectivity index (χ4v) is 7.28. The summed E-state index contributed by atoms with van der Waals surface area (Å²) in [6.45, 7) is 0. The number of para-hydroxylation sites is 4. The highest BCUT2D eigenvalue weighted by Gasteiger charge is 2.26. The van der Waals surface area contributed by atoms with E-state index in [0.717, 1.165) is 58.1 Å². The molecule has 1 aliphatic carbocycles. The van der Waals surface area contributed by atoms with Crippen molar-refractivity contribution in [1.29, 1.82) is 0 Å². The minimum Gasteiger partial charge on any atom is -0.453 e. The number of hydrogen-bond acceptors (Lipinski definition) is 5. The number of nitrogens with zero attached hydrogens (tertiary/aromatic N) is 4. The molecule has 1 aliphatic heterocycles. The van der Waals surface area contributed by atoms with Gasteiger partial charge in [-0.2, -0.15) is 0 Å². The van der Waals surface area contributed by atoms with Gasteiger partial charge in [0, 0.05) is 22.4 Å². The smallest absolute Gasteiger partial charge is 0.164 e. The van der Waals surface area contributed by atoms with Crippen molar-refractivity contribution < 1.29 is 4.74 Å². The lowest BCUT2D eigenvalue weighted by Crippen LogP contribution is -2.16. The van der Waals surface area contributed by atoms with E-state index in [1.807, 2.05) is 84.9 Å². The van der Waals surface area contributed by atoms with E-state index in [2.05, 4.69) is 77.7 Å². The molecular weight excluding hydrogens is 613 g/mol. The second kappa shape index (κ2) is 11.5. The van der Waals surface area contributed by atoms with Crippen LogP contribution >= 0.6 is 0 Å². The number of aromatic nitrogens is 3. The fourth-order valence-electron chi connectivity index (χ4n) is 7.28. The van der Waals surface area contributed by atoms with Crippen LogP contribution in [0.4, 0.5) is 17.1 Å². The first-order valence-corrected chi connectivity index (χ1v) is 16.9. The van der Waals surface area contributed by atoms with Gasteiger partial charge in [0.25, 0.3) is 0 Å². The maximum absolute atomic E-state index is 6.27. The van der Waals surface area contributed by atoms with Gasteiger partial charge in [-0.3, -0.25) is 0 Å². The molecule has 1 aromatic heterocycles. The van der Waals surface area contributed by atoms with Crippen molar-refractivity contribution in [3.63, 3.8) is 0 Å². The molecule has 5 heteroatoms. The van der Waals surface area contributed by atoms with Gasteiger partial charge in [-0.05, 0) is 88.3 Å². The third kappa shape index (κ3) is 4.91. The van der Waals surface area contributed by atoms with Crippen molar-refractivity contribution in [2.75, 3.05) is 4.90 Å². The van der Waals surface area contributed by atoms with Crippen LogP contribution in [-0.2, 0) is 12.8 Å². The Morgan fingerprint density at radius 2 is 0.920 bits per heavy atom. The summed E-state index contributed by atoms with van der Waals surface area (Å²) < 4.78 is 6.27. The molecule has 2 aliphatic rings. The number of benzene rings is 7. The average molecular weight is 643 g/mol. The highest BCUT2D eigenvalue weighted by molar-refractivity contribution is 5.89. The number of fused-ring (bicyclic) bond motifs is 5. The lowest BCUT2D eigenvalue weighted by molar-refractivity contribution is 0.477. The molecule has 0 spiro atoms. The Morgan fingerprint density at radius 1 is 0.400 bits per heavy atom. The van der Waals surface area contributed by atoms with E-state index >= 15 is 0 Å². The molecule has 0 N–H and O–H groups in total. The van der Waals surface area contributed by atoms with Crippen molar-refractivity contribution in [2.45, 2.75) is 12.8 Å². The first kappa shape index (κ1) is 28.4. The van der Waals surface area contributed by atoms with Gasteiger partial charge in [-0.15, -0.1) is 0 Å². The summed E-state index contributed by atoms with van der Waals surface area (Å²) in [5.74, 6) is 3.73. The number of hydrogen-bond donors (Lipinski definition) is 0. The van der Waals surface area contributed by atoms with Crippen molar-refractivity contribution in [3.05, 3.63) is 180 Å². The van der Waals surface area contributed by atoms with Crippen LogP contribution in [0.15, 0.2) is 158 Å². The van der Waals surface area contributed by atoms with Crippen molar-refractivity contribution >= 4 is 27.8 Å². The fraction of sp³-hybridized carbons (Fsp3) is 0.0444. The molecule has 0 amide bonds. The standard InChI is InChI=1S/C45H30N4O/c1-3-11-29(12-4-1)43-46-44(30-13-5-2-6-14-30)48-45(47-43)33-20-19-31-23-36-27-37-28-38(22-21-32(37)24-35(36)26-34(31)25-33)49-39-15-7-9-17-41(39)50-42-18-10-8-16-40(42)49/h1-23,25-26,28H,24,27H2. The maximum Gasteiger partial charge on any atom is 0.164 e. The molecule has 0 atom stereocenters. The number of rotatable bonds is 4. The molecule has 236 valence electrons. The normalized spacial score (nSPS) is 12.8. The molecule has 10 rings (SSSR count). The molecule has 5 nitrogen and oxygen atoms in total. The van der Waals surface area contributed by atoms with Crippen LogP contribution in [0.3, 0.4) is 0 Å². The first-order chi connectivity index (χ1) is 24.7. The Balaban J connectivity index is 1.01. The van der Waals surface area contributed by atoms with E-state index in [1.54, 1.807) is 0 Å². The van der Waals surface area contributed by atoms with Gasteiger partial charge in [0.15, 0.2) is 29.0 Å². The minimum absolute atomic E-state index is 0.667. The summed E-state index contributed by atoms with van der Waals surface area (Å²) in [5.41, 5.74) is 11.6. The molecule has 2 heterocycles. The molecular formula is C45H30N4O. The number of anilines is 3. The minimum atomic E-state index is 0.667. The van der Waals surface area contributed by atoms with Crippen LogP contribution in [0.1, 0.15) is 22.3 Å². The predicted octanol–water partition coefficient (Wildman–Crippen LogP) is 11.1. The zero-order valence-corrected chi connectivity index (χ0v) is 27.1. The molecule has 0 fully saturated rings. The zero-order valence-electron chi connectivity index (χ0n) is 27.1. The van der Waals surface area contributed by atoms with Crippen LogP contribution in [0.2, 0.25) is 0 Å². The van der Waals surface area contributed by atoms with E-state index in [0.29, 0.717) is 17.5 Å². The van der Waals surface area contributed by atoms with E-state index in [9.17, 15) is 0 Å². The van der Waals surface area contributed by atoms with Gasteiger partial charge in [0.05, 0.1) is 11.4 Å². The van der Waals surface area contributed by atoms with E-state index in [-0.39, 0.29) is 0 Å². The quantitative estimate of drug-likeness (QED) is 0.191. The molecule has 7 aromatic carbocycles. The summed E-state index contributed by atoms with van der Waals surface area (Å²) in [7, 11) is 0. The molecule has 0 saturated carbocycles. The Labute approximate surface area is 290 Å². The molecule has 0 radical (unpaired) electrons. The van der Waals surface area contributed by atoms with Gasteiger partial charge >= 0.3 is 0 Å². The molecule has 50 heavy (non-hydrogen) atoms. The highest BCUT2D eigenvalue weighted by Crippen LogP contribution is 2.50. The Morgan fingerprint density at radius 3 is 1.56 bits per heavy atom. The van der Waals surface area contributed by atoms with Gasteiger partial charge < -0.3 is 9.64 Å². The lowest BCUT2D eigenvalue weighted by atomic mass is 9.84. The van der Waals surface area contributed by atoms with Crippen LogP contribution in [-0.4, -0.2) is 15.0 Å². The van der Waals surface area contributed by atoms with Crippen LogP contribution in [0, 0.1) is 0 Å². The van der Waals surface area contributed by atoms with Crippen LogP contribution in [0.25, 0.3) is 44.9 Å². The highest BCUT2D eigenvalue weighted by atomic mass is 16.5. The van der Waals surface area contributed by atoms with Crippen molar-refractivity contribution in [3.8, 4) is 45.7 Å². The molecule has 8 aromatic rings. The van der Waals surface area contributed by atoms with E-state index in [1.165, 1.54) is 33.0 Å². The third-order valence-electron chi connectivity index (χ3n) is 9.76. The maximum atomic E-state index is 6.27. The first-order valence-electron chi connectivity index (χ1n) is 16.9. The number of ether oxygens (including phenoxy) is 1. The second-order valence-electron chi connectivity index (χ2n) is 12.9. The Bertz CT molecular complexity index is 2480. The average Bonchev–Trinajstić information content (AvgIpc) is 3.18. The van der Waals surface area contributed by atoms with Gasteiger partial charge in [0.1, 0.15) is 0 Å². The van der Waals surface area contributed by atoms with E-state index in [4.69, 9.17) is 19.7 Å². The van der Waals surface area contributed by atoms with Crippen LogP contribution in [0.5, 0.6) is 11.5 Å². The van der Waals surface area contributed by atoms with Gasteiger partial charge in [-0.1, -0.05) is 115 Å². The molecule has 0 bridgehead atoms. The zero-order chi connectivity index (χ0) is 33.0. The topological polar surface area (TPSA) is 51.1 Å². The summed E-state index contributed by atoms with van der Waals surface area (Å²) in [4.78, 5) is 17.1. The lowest BCUT2D eigenvalue weighted by Gasteiger charge is -2.33. The predicted molar refractivity (Wildman–Crippen MR) is 200 cm³/mol. The summed E-state index contributed by atoms with van der Waals surface area (Å²) in [5, 5.41) is 2.40. The largest absolute Gasteiger partial charge is 0.453 e. The third-order valence-corrected chi connectivity index (χ3v) is 9.76. The monoisotopic (exact) mass is 642 g/mol. The van der Waals surface area contributed by atoms with Gasteiger partial charge in [0.2, 0.25) is 0 Å². The second-order valence-corrected chi connectivity index (χ2v) is 12.9. The summed E-state index contributed by atoms with van der Waals surface area (Å²) in [6, 6.07) is 54.9. The van der Waals surface area contributed by atoms with Crippen LogP contribution < -0.4 is 9.64 Å². The Kier molecular flexibility index (Phi) is 6.56. The molecule has 0 unspecified atom stereocenters.